The lowest BCUT2D eigenvalue weighted by Gasteiger charge is -2.19. The van der Waals surface area contributed by atoms with Crippen LogP contribution in [-0.4, -0.2) is 28.8 Å². The molecule has 2 atom stereocenters. The summed E-state index contributed by atoms with van der Waals surface area (Å²) in [5.74, 6) is -0.504. The summed E-state index contributed by atoms with van der Waals surface area (Å²) in [5.41, 5.74) is 1.55. The molecule has 110 valence electrons. The zero-order valence-electron chi connectivity index (χ0n) is 11.6. The summed E-state index contributed by atoms with van der Waals surface area (Å²) in [7, 11) is 0. The SMILES string of the molecule is O=C(N[C@H](CO)Cc1ccccc1)[C@H](O)c1ccccc1. The molecule has 0 aliphatic heterocycles. The van der Waals surface area contributed by atoms with E-state index in [1.807, 2.05) is 36.4 Å². The molecule has 0 radical (unpaired) electrons. The van der Waals surface area contributed by atoms with Crippen molar-refractivity contribution in [2.75, 3.05) is 6.61 Å². The van der Waals surface area contributed by atoms with Gasteiger partial charge in [-0.3, -0.25) is 4.79 Å². The predicted octanol–water partition coefficient (Wildman–Crippen LogP) is 1.44. The summed E-state index contributed by atoms with van der Waals surface area (Å²) in [6.07, 6.45) is -0.707. The number of carbonyl (C=O) groups excluding carboxylic acids is 1. The van der Waals surface area contributed by atoms with Crippen LogP contribution in [0.1, 0.15) is 17.2 Å². The minimum atomic E-state index is -1.23. The van der Waals surface area contributed by atoms with Crippen LogP contribution in [0.5, 0.6) is 0 Å². The van der Waals surface area contributed by atoms with E-state index < -0.39 is 18.1 Å². The molecule has 0 aliphatic rings. The number of nitrogens with one attached hydrogen (secondary N) is 1. The van der Waals surface area contributed by atoms with Crippen LogP contribution in [0.4, 0.5) is 0 Å². The van der Waals surface area contributed by atoms with Crippen molar-refractivity contribution < 1.29 is 15.0 Å². The van der Waals surface area contributed by atoms with Crippen LogP contribution in [0.25, 0.3) is 0 Å². The van der Waals surface area contributed by atoms with Gasteiger partial charge in [0.1, 0.15) is 0 Å². The van der Waals surface area contributed by atoms with Crippen LogP contribution in [0.2, 0.25) is 0 Å². The van der Waals surface area contributed by atoms with Crippen LogP contribution in [-0.2, 0) is 11.2 Å². The summed E-state index contributed by atoms with van der Waals surface area (Å²) in [4.78, 5) is 12.0. The van der Waals surface area contributed by atoms with E-state index in [1.165, 1.54) is 0 Å². The maximum absolute atomic E-state index is 12.0. The van der Waals surface area contributed by atoms with Crippen LogP contribution < -0.4 is 5.32 Å². The minimum Gasteiger partial charge on any atom is -0.394 e. The van der Waals surface area contributed by atoms with Crippen LogP contribution in [0.3, 0.4) is 0 Å². The maximum Gasteiger partial charge on any atom is 0.253 e. The Morgan fingerprint density at radius 3 is 2.14 bits per heavy atom. The quantitative estimate of drug-likeness (QED) is 0.752. The van der Waals surface area contributed by atoms with Crippen LogP contribution in [0, 0.1) is 0 Å². The zero-order chi connectivity index (χ0) is 15.1. The third kappa shape index (κ3) is 4.41. The summed E-state index contributed by atoms with van der Waals surface area (Å²) in [6.45, 7) is -0.178. The molecule has 0 bridgehead atoms. The van der Waals surface area contributed by atoms with E-state index >= 15 is 0 Å². The molecule has 0 spiro atoms. The maximum atomic E-state index is 12.0. The van der Waals surface area contributed by atoms with Crippen molar-refractivity contribution in [1.82, 2.24) is 5.32 Å². The normalized spacial score (nSPS) is 13.4. The lowest BCUT2D eigenvalue weighted by molar-refractivity contribution is -0.130. The van der Waals surface area contributed by atoms with Gasteiger partial charge in [-0.15, -0.1) is 0 Å². The molecule has 0 unspecified atom stereocenters. The van der Waals surface area contributed by atoms with E-state index in [-0.39, 0.29) is 6.61 Å². The molecule has 4 heteroatoms. The van der Waals surface area contributed by atoms with Gasteiger partial charge in [-0.05, 0) is 17.5 Å². The molecule has 1 amide bonds. The smallest absolute Gasteiger partial charge is 0.253 e. The monoisotopic (exact) mass is 285 g/mol. The fraction of sp³-hybridized carbons (Fsp3) is 0.235. The van der Waals surface area contributed by atoms with Crippen LogP contribution in [0.15, 0.2) is 60.7 Å². The van der Waals surface area contributed by atoms with E-state index in [0.29, 0.717) is 12.0 Å². The Morgan fingerprint density at radius 2 is 1.57 bits per heavy atom. The van der Waals surface area contributed by atoms with Gasteiger partial charge in [-0.25, -0.2) is 0 Å². The molecule has 0 saturated heterocycles. The molecular weight excluding hydrogens is 266 g/mol. The van der Waals surface area contributed by atoms with E-state index in [9.17, 15) is 15.0 Å². The van der Waals surface area contributed by atoms with Crippen molar-refractivity contribution in [2.24, 2.45) is 0 Å². The Morgan fingerprint density at radius 1 is 1.00 bits per heavy atom. The van der Waals surface area contributed by atoms with Crippen molar-refractivity contribution in [3.8, 4) is 0 Å². The highest BCUT2D eigenvalue weighted by atomic mass is 16.3. The summed E-state index contributed by atoms with van der Waals surface area (Å²) in [6, 6.07) is 17.9. The molecule has 0 aliphatic carbocycles. The fourth-order valence-electron chi connectivity index (χ4n) is 2.13. The lowest BCUT2D eigenvalue weighted by atomic mass is 10.0. The van der Waals surface area contributed by atoms with Gasteiger partial charge >= 0.3 is 0 Å². The number of aliphatic hydroxyl groups is 2. The second kappa shape index (κ2) is 7.57. The largest absolute Gasteiger partial charge is 0.394 e. The molecule has 2 rings (SSSR count). The second-order valence-electron chi connectivity index (χ2n) is 4.89. The molecule has 21 heavy (non-hydrogen) atoms. The molecule has 2 aromatic rings. The molecule has 0 heterocycles. The molecule has 0 saturated carbocycles. The Hall–Kier alpha value is -2.17. The first-order valence-electron chi connectivity index (χ1n) is 6.89. The third-order valence-electron chi connectivity index (χ3n) is 3.26. The number of hydrogen-bond donors (Lipinski definition) is 3. The number of amides is 1. The number of benzene rings is 2. The van der Waals surface area contributed by atoms with E-state index in [2.05, 4.69) is 5.32 Å². The zero-order valence-corrected chi connectivity index (χ0v) is 11.6. The van der Waals surface area contributed by atoms with Gasteiger partial charge in [0.15, 0.2) is 6.10 Å². The first kappa shape index (κ1) is 15.2. The standard InChI is InChI=1S/C17H19NO3/c19-12-15(11-13-7-3-1-4-8-13)18-17(21)16(20)14-9-5-2-6-10-14/h1-10,15-16,19-20H,11-12H2,(H,18,21)/t15-,16+/m0/s1. The van der Waals surface area contributed by atoms with Gasteiger partial charge < -0.3 is 15.5 Å². The summed E-state index contributed by atoms with van der Waals surface area (Å²) >= 11 is 0. The highest BCUT2D eigenvalue weighted by molar-refractivity contribution is 5.82. The molecule has 3 N–H and O–H groups in total. The molecule has 0 aromatic heterocycles. The Balaban J connectivity index is 1.96. The number of aliphatic hydroxyl groups excluding tert-OH is 2. The first-order valence-corrected chi connectivity index (χ1v) is 6.89. The summed E-state index contributed by atoms with van der Waals surface area (Å²) < 4.78 is 0. The highest BCUT2D eigenvalue weighted by Crippen LogP contribution is 2.12. The summed E-state index contributed by atoms with van der Waals surface area (Å²) in [5, 5.41) is 22.1. The first-order chi connectivity index (χ1) is 10.2. The molecule has 2 aromatic carbocycles. The van der Waals surface area contributed by atoms with Gasteiger partial charge in [-0.1, -0.05) is 60.7 Å². The van der Waals surface area contributed by atoms with Crippen molar-refractivity contribution in [1.29, 1.82) is 0 Å². The van der Waals surface area contributed by atoms with Crippen molar-refractivity contribution in [3.05, 3.63) is 71.8 Å². The average Bonchev–Trinajstić information content (AvgIpc) is 2.55. The van der Waals surface area contributed by atoms with Gasteiger partial charge in [0, 0.05) is 0 Å². The fourth-order valence-corrected chi connectivity index (χ4v) is 2.13. The van der Waals surface area contributed by atoms with Crippen molar-refractivity contribution in [3.63, 3.8) is 0 Å². The Bertz CT molecular complexity index is 557. The van der Waals surface area contributed by atoms with E-state index in [0.717, 1.165) is 5.56 Å². The van der Waals surface area contributed by atoms with E-state index in [4.69, 9.17) is 0 Å². The topological polar surface area (TPSA) is 69.6 Å². The number of carbonyl (C=O) groups is 1. The third-order valence-corrected chi connectivity index (χ3v) is 3.26. The molecule has 4 nitrogen and oxygen atoms in total. The molecule has 0 fully saturated rings. The number of hydrogen-bond acceptors (Lipinski definition) is 3. The Labute approximate surface area is 124 Å². The number of rotatable bonds is 6. The molecular formula is C17H19NO3. The van der Waals surface area contributed by atoms with E-state index in [1.54, 1.807) is 24.3 Å². The lowest BCUT2D eigenvalue weighted by Crippen LogP contribution is -2.41. The Kier molecular flexibility index (Phi) is 5.49. The average molecular weight is 285 g/mol. The van der Waals surface area contributed by atoms with Crippen molar-refractivity contribution in [2.45, 2.75) is 18.6 Å². The predicted molar refractivity (Wildman–Crippen MR) is 80.6 cm³/mol. The minimum absolute atomic E-state index is 0.178. The second-order valence-corrected chi connectivity index (χ2v) is 4.89. The van der Waals surface area contributed by atoms with Gasteiger partial charge in [0.05, 0.1) is 12.6 Å². The van der Waals surface area contributed by atoms with Gasteiger partial charge in [-0.2, -0.15) is 0 Å². The van der Waals surface area contributed by atoms with Gasteiger partial charge in [0.25, 0.3) is 5.91 Å². The highest BCUT2D eigenvalue weighted by Gasteiger charge is 2.20. The van der Waals surface area contributed by atoms with Crippen LogP contribution >= 0.6 is 0 Å². The van der Waals surface area contributed by atoms with Crippen molar-refractivity contribution >= 4 is 5.91 Å². The van der Waals surface area contributed by atoms with Gasteiger partial charge in [0.2, 0.25) is 0 Å².